The summed E-state index contributed by atoms with van der Waals surface area (Å²) in [6, 6.07) is 8.90. The van der Waals surface area contributed by atoms with Gasteiger partial charge in [-0.15, -0.1) is 0 Å². The number of rotatable bonds is 6. The standard InChI is InChI=1S/C16H21N3/c1-2-9-17-16(12-7-8-12)10-13-11-18-19-15-6-4-3-5-14(13)15/h3-6,11-12,16-17H,2,7-10H2,1H3. The van der Waals surface area contributed by atoms with Gasteiger partial charge in [-0.2, -0.15) is 10.2 Å². The van der Waals surface area contributed by atoms with Crippen LogP contribution < -0.4 is 5.32 Å². The molecule has 1 saturated carbocycles. The summed E-state index contributed by atoms with van der Waals surface area (Å²) >= 11 is 0. The molecule has 0 aliphatic heterocycles. The first kappa shape index (κ1) is 12.5. The van der Waals surface area contributed by atoms with Crippen LogP contribution >= 0.6 is 0 Å². The molecule has 1 aliphatic carbocycles. The Balaban J connectivity index is 1.82. The van der Waals surface area contributed by atoms with E-state index in [1.165, 1.54) is 30.2 Å². The first-order chi connectivity index (χ1) is 9.38. The van der Waals surface area contributed by atoms with E-state index in [4.69, 9.17) is 0 Å². The van der Waals surface area contributed by atoms with E-state index in [-0.39, 0.29) is 0 Å². The molecule has 1 aromatic carbocycles. The lowest BCUT2D eigenvalue weighted by Gasteiger charge is -2.18. The molecule has 0 radical (unpaired) electrons. The van der Waals surface area contributed by atoms with Gasteiger partial charge in [0, 0.05) is 11.4 Å². The van der Waals surface area contributed by atoms with Crippen LogP contribution in [0.25, 0.3) is 10.9 Å². The zero-order valence-electron chi connectivity index (χ0n) is 11.5. The highest BCUT2D eigenvalue weighted by Gasteiger charge is 2.31. The molecule has 1 aromatic heterocycles. The van der Waals surface area contributed by atoms with Crippen molar-refractivity contribution in [1.82, 2.24) is 15.5 Å². The van der Waals surface area contributed by atoms with E-state index in [0.29, 0.717) is 6.04 Å². The van der Waals surface area contributed by atoms with Crippen LogP contribution in [-0.4, -0.2) is 22.8 Å². The molecule has 1 aliphatic rings. The Morgan fingerprint density at radius 3 is 2.95 bits per heavy atom. The Hall–Kier alpha value is -1.48. The third kappa shape index (κ3) is 2.92. The highest BCUT2D eigenvalue weighted by atomic mass is 15.1. The number of hydrogen-bond acceptors (Lipinski definition) is 3. The molecule has 1 heterocycles. The number of aromatic nitrogens is 2. The van der Waals surface area contributed by atoms with Crippen LogP contribution in [0.1, 0.15) is 31.7 Å². The van der Waals surface area contributed by atoms with Gasteiger partial charge >= 0.3 is 0 Å². The molecule has 19 heavy (non-hydrogen) atoms. The highest BCUT2D eigenvalue weighted by Crippen LogP contribution is 2.34. The number of fused-ring (bicyclic) bond motifs is 1. The van der Waals surface area contributed by atoms with Crippen molar-refractivity contribution in [3.05, 3.63) is 36.0 Å². The van der Waals surface area contributed by atoms with E-state index in [0.717, 1.165) is 24.4 Å². The second-order valence-corrected chi connectivity index (χ2v) is 5.49. The van der Waals surface area contributed by atoms with Crippen molar-refractivity contribution in [2.45, 2.75) is 38.6 Å². The van der Waals surface area contributed by atoms with Gasteiger partial charge in [0.1, 0.15) is 0 Å². The van der Waals surface area contributed by atoms with Gasteiger partial charge in [0.25, 0.3) is 0 Å². The predicted molar refractivity (Wildman–Crippen MR) is 78.0 cm³/mol. The van der Waals surface area contributed by atoms with Crippen LogP contribution in [0.5, 0.6) is 0 Å². The molecule has 1 fully saturated rings. The Labute approximate surface area is 114 Å². The van der Waals surface area contributed by atoms with E-state index in [9.17, 15) is 0 Å². The normalized spacial score (nSPS) is 16.7. The molecule has 1 unspecified atom stereocenters. The first-order valence-electron chi connectivity index (χ1n) is 7.31. The maximum atomic E-state index is 4.20. The van der Waals surface area contributed by atoms with Gasteiger partial charge in [0.05, 0.1) is 11.7 Å². The molecule has 0 spiro atoms. The minimum Gasteiger partial charge on any atom is -0.313 e. The van der Waals surface area contributed by atoms with E-state index in [1.807, 2.05) is 18.3 Å². The van der Waals surface area contributed by atoms with Crippen LogP contribution in [0, 0.1) is 5.92 Å². The predicted octanol–water partition coefficient (Wildman–Crippen LogP) is 2.95. The SMILES string of the molecule is CCCNC(Cc1cnnc2ccccc12)C1CC1. The summed E-state index contributed by atoms with van der Waals surface area (Å²) in [4.78, 5) is 0. The summed E-state index contributed by atoms with van der Waals surface area (Å²) in [5, 5.41) is 13.3. The Kier molecular flexibility index (Phi) is 3.74. The first-order valence-corrected chi connectivity index (χ1v) is 7.31. The van der Waals surface area contributed by atoms with Gasteiger partial charge in [-0.25, -0.2) is 0 Å². The summed E-state index contributed by atoms with van der Waals surface area (Å²) in [6.07, 6.45) is 6.94. The van der Waals surface area contributed by atoms with Gasteiger partial charge in [0.2, 0.25) is 0 Å². The highest BCUT2D eigenvalue weighted by molar-refractivity contribution is 5.81. The molecule has 0 saturated heterocycles. The maximum Gasteiger partial charge on any atom is 0.0932 e. The lowest BCUT2D eigenvalue weighted by atomic mass is 10.00. The van der Waals surface area contributed by atoms with Crippen molar-refractivity contribution in [3.63, 3.8) is 0 Å². The van der Waals surface area contributed by atoms with E-state index < -0.39 is 0 Å². The monoisotopic (exact) mass is 255 g/mol. The average Bonchev–Trinajstić information content (AvgIpc) is 3.28. The summed E-state index contributed by atoms with van der Waals surface area (Å²) in [6.45, 7) is 3.33. The zero-order valence-corrected chi connectivity index (χ0v) is 11.5. The maximum absolute atomic E-state index is 4.20. The van der Waals surface area contributed by atoms with E-state index in [1.54, 1.807) is 0 Å². The van der Waals surface area contributed by atoms with Crippen molar-refractivity contribution in [2.24, 2.45) is 5.92 Å². The minimum absolute atomic E-state index is 0.604. The van der Waals surface area contributed by atoms with Crippen molar-refractivity contribution in [3.8, 4) is 0 Å². The molecule has 3 nitrogen and oxygen atoms in total. The quantitative estimate of drug-likeness (QED) is 0.862. The second-order valence-electron chi connectivity index (χ2n) is 5.49. The molecular formula is C16H21N3. The zero-order chi connectivity index (χ0) is 13.1. The smallest absolute Gasteiger partial charge is 0.0932 e. The number of hydrogen-bond donors (Lipinski definition) is 1. The Bertz CT molecular complexity index is 543. The molecule has 1 N–H and O–H groups in total. The Morgan fingerprint density at radius 1 is 1.32 bits per heavy atom. The number of nitrogens with zero attached hydrogens (tertiary/aromatic N) is 2. The third-order valence-corrected chi connectivity index (χ3v) is 3.92. The molecule has 0 amide bonds. The van der Waals surface area contributed by atoms with Gasteiger partial charge in [-0.1, -0.05) is 25.1 Å². The van der Waals surface area contributed by atoms with Crippen LogP contribution in [0.3, 0.4) is 0 Å². The number of benzene rings is 1. The Morgan fingerprint density at radius 2 is 2.16 bits per heavy atom. The second kappa shape index (κ2) is 5.66. The largest absolute Gasteiger partial charge is 0.313 e. The van der Waals surface area contributed by atoms with E-state index >= 15 is 0 Å². The summed E-state index contributed by atoms with van der Waals surface area (Å²) in [5.41, 5.74) is 2.33. The average molecular weight is 255 g/mol. The topological polar surface area (TPSA) is 37.8 Å². The lowest BCUT2D eigenvalue weighted by molar-refractivity contribution is 0.460. The summed E-state index contributed by atoms with van der Waals surface area (Å²) < 4.78 is 0. The lowest BCUT2D eigenvalue weighted by Crippen LogP contribution is -2.33. The molecular weight excluding hydrogens is 234 g/mol. The van der Waals surface area contributed by atoms with Gasteiger partial charge in [-0.05, 0) is 49.8 Å². The van der Waals surface area contributed by atoms with Crippen molar-refractivity contribution in [1.29, 1.82) is 0 Å². The molecule has 1 atom stereocenters. The van der Waals surface area contributed by atoms with Crippen molar-refractivity contribution < 1.29 is 0 Å². The van der Waals surface area contributed by atoms with Crippen LogP contribution in [0.15, 0.2) is 30.5 Å². The third-order valence-electron chi connectivity index (χ3n) is 3.92. The summed E-state index contributed by atoms with van der Waals surface area (Å²) in [5.74, 6) is 0.860. The molecule has 0 bridgehead atoms. The van der Waals surface area contributed by atoms with Crippen LogP contribution in [0.4, 0.5) is 0 Å². The van der Waals surface area contributed by atoms with Gasteiger partial charge in [0.15, 0.2) is 0 Å². The van der Waals surface area contributed by atoms with Crippen LogP contribution in [-0.2, 0) is 6.42 Å². The van der Waals surface area contributed by atoms with Gasteiger partial charge in [-0.3, -0.25) is 0 Å². The molecule has 3 rings (SSSR count). The fraction of sp³-hybridized carbons (Fsp3) is 0.500. The molecule has 2 aromatic rings. The molecule has 100 valence electrons. The summed E-state index contributed by atoms with van der Waals surface area (Å²) in [7, 11) is 0. The van der Waals surface area contributed by atoms with E-state index in [2.05, 4.69) is 34.6 Å². The fourth-order valence-corrected chi connectivity index (χ4v) is 2.70. The van der Waals surface area contributed by atoms with Crippen molar-refractivity contribution >= 4 is 10.9 Å². The van der Waals surface area contributed by atoms with Crippen LogP contribution in [0.2, 0.25) is 0 Å². The number of nitrogens with one attached hydrogen (secondary N) is 1. The molecule has 3 heteroatoms. The fourth-order valence-electron chi connectivity index (χ4n) is 2.70. The minimum atomic E-state index is 0.604. The van der Waals surface area contributed by atoms with Crippen molar-refractivity contribution in [2.75, 3.05) is 6.54 Å². The van der Waals surface area contributed by atoms with Gasteiger partial charge < -0.3 is 5.32 Å².